The van der Waals surface area contributed by atoms with Gasteiger partial charge in [0.15, 0.2) is 28.5 Å². The molecule has 0 radical (unpaired) electrons. The SMILES string of the molecule is C1CNCCNC1.COc1ccc(-c2cnc3nc(N)nc(N4CCCNCC4)c3n2)cc1OC. The van der Waals surface area contributed by atoms with Crippen molar-refractivity contribution in [1.82, 2.24) is 35.9 Å². The van der Waals surface area contributed by atoms with E-state index < -0.39 is 0 Å². The summed E-state index contributed by atoms with van der Waals surface area (Å²) in [6, 6.07) is 5.65. The highest BCUT2D eigenvalue weighted by atomic mass is 16.5. The Labute approximate surface area is 205 Å². The first kappa shape index (κ1) is 24.8. The first-order valence-electron chi connectivity index (χ1n) is 12.1. The van der Waals surface area contributed by atoms with Crippen LogP contribution in [0.5, 0.6) is 11.5 Å². The third-order valence-electron chi connectivity index (χ3n) is 5.91. The molecule has 4 heterocycles. The molecule has 1 aromatic carbocycles. The van der Waals surface area contributed by atoms with Gasteiger partial charge in [0.05, 0.1) is 26.1 Å². The lowest BCUT2D eigenvalue weighted by Gasteiger charge is -2.22. The zero-order valence-corrected chi connectivity index (χ0v) is 20.5. The number of anilines is 2. The first-order chi connectivity index (χ1) is 17.2. The van der Waals surface area contributed by atoms with E-state index in [1.54, 1.807) is 20.4 Å². The molecule has 0 aliphatic carbocycles. The Morgan fingerprint density at radius 1 is 0.829 bits per heavy atom. The van der Waals surface area contributed by atoms with E-state index in [-0.39, 0.29) is 5.95 Å². The lowest BCUT2D eigenvalue weighted by molar-refractivity contribution is 0.355. The normalized spacial score (nSPS) is 16.6. The molecule has 35 heavy (non-hydrogen) atoms. The lowest BCUT2D eigenvalue weighted by Crippen LogP contribution is -2.29. The number of aromatic nitrogens is 4. The maximum Gasteiger partial charge on any atom is 0.224 e. The number of nitrogens with zero attached hydrogens (tertiary/aromatic N) is 5. The van der Waals surface area contributed by atoms with Gasteiger partial charge in [-0.25, -0.2) is 9.97 Å². The number of hydrogen-bond donors (Lipinski definition) is 4. The highest BCUT2D eigenvalue weighted by molar-refractivity contribution is 5.85. The smallest absolute Gasteiger partial charge is 0.224 e. The fourth-order valence-corrected chi connectivity index (χ4v) is 4.09. The number of nitrogens with one attached hydrogen (secondary N) is 3. The Bertz CT molecular complexity index is 1080. The van der Waals surface area contributed by atoms with E-state index >= 15 is 0 Å². The van der Waals surface area contributed by atoms with E-state index in [0.29, 0.717) is 28.4 Å². The average Bonchev–Trinajstić information content (AvgIpc) is 3.36. The number of hydrogen-bond acceptors (Lipinski definition) is 11. The Kier molecular flexibility index (Phi) is 8.82. The molecule has 3 aromatic rings. The summed E-state index contributed by atoms with van der Waals surface area (Å²) in [5, 5.41) is 9.96. The number of nitrogen functional groups attached to an aromatic ring is 1. The second-order valence-corrected chi connectivity index (χ2v) is 8.35. The van der Waals surface area contributed by atoms with Gasteiger partial charge in [-0.05, 0) is 50.7 Å². The molecule has 0 bridgehead atoms. The van der Waals surface area contributed by atoms with E-state index in [0.717, 1.165) is 57.1 Å². The molecule has 2 aliphatic rings. The van der Waals surface area contributed by atoms with Gasteiger partial charge in [-0.2, -0.15) is 9.97 Å². The van der Waals surface area contributed by atoms with Crippen LogP contribution in [-0.4, -0.2) is 86.5 Å². The molecule has 2 aliphatic heterocycles. The average molecular weight is 482 g/mol. The molecule has 11 nitrogen and oxygen atoms in total. The summed E-state index contributed by atoms with van der Waals surface area (Å²) >= 11 is 0. The van der Waals surface area contributed by atoms with Gasteiger partial charge in [0.25, 0.3) is 0 Å². The van der Waals surface area contributed by atoms with Crippen LogP contribution in [0.1, 0.15) is 12.8 Å². The zero-order chi connectivity index (χ0) is 24.5. The van der Waals surface area contributed by atoms with Gasteiger partial charge < -0.3 is 36.1 Å². The van der Waals surface area contributed by atoms with Crippen LogP contribution in [0.15, 0.2) is 24.4 Å². The second kappa shape index (κ2) is 12.4. The van der Waals surface area contributed by atoms with Crippen LogP contribution in [0.4, 0.5) is 11.8 Å². The summed E-state index contributed by atoms with van der Waals surface area (Å²) in [6.07, 6.45) is 3.98. The van der Waals surface area contributed by atoms with Gasteiger partial charge in [-0.15, -0.1) is 0 Å². The third-order valence-corrected chi connectivity index (χ3v) is 5.91. The molecule has 5 N–H and O–H groups in total. The summed E-state index contributed by atoms with van der Waals surface area (Å²) in [4.78, 5) is 20.2. The summed E-state index contributed by atoms with van der Waals surface area (Å²) in [7, 11) is 3.22. The van der Waals surface area contributed by atoms with E-state index in [4.69, 9.17) is 20.2 Å². The van der Waals surface area contributed by atoms with Crippen molar-refractivity contribution in [3.05, 3.63) is 24.4 Å². The van der Waals surface area contributed by atoms with Gasteiger partial charge in [0.2, 0.25) is 5.95 Å². The van der Waals surface area contributed by atoms with Gasteiger partial charge in [-0.1, -0.05) is 0 Å². The molecule has 11 heteroatoms. The molecular formula is C24H35N9O2. The molecule has 2 aromatic heterocycles. The van der Waals surface area contributed by atoms with Crippen molar-refractivity contribution in [2.24, 2.45) is 0 Å². The number of fused-ring (bicyclic) bond motifs is 1. The van der Waals surface area contributed by atoms with Crippen molar-refractivity contribution in [3.63, 3.8) is 0 Å². The van der Waals surface area contributed by atoms with Crippen LogP contribution in [0, 0.1) is 0 Å². The standard InChI is InChI=1S/C19H23N7O2.C5H12N2/c1-27-14-5-4-12(10-15(14)28-2)13-11-22-17-16(23-13)18(25-19(20)24-17)26-8-3-6-21-7-9-26;1-2-6-4-5-7-3-1/h4-5,10-11,21H,3,6-9H2,1-2H3,(H2,20,22,24,25);6-7H,1-5H2. The molecule has 2 saturated heterocycles. The van der Waals surface area contributed by atoms with Crippen molar-refractivity contribution in [2.75, 3.05) is 77.2 Å². The first-order valence-corrected chi connectivity index (χ1v) is 12.1. The minimum Gasteiger partial charge on any atom is -0.493 e. The van der Waals surface area contributed by atoms with Crippen LogP contribution >= 0.6 is 0 Å². The minimum absolute atomic E-state index is 0.202. The largest absolute Gasteiger partial charge is 0.493 e. The van der Waals surface area contributed by atoms with Crippen LogP contribution in [-0.2, 0) is 0 Å². The quantitative estimate of drug-likeness (QED) is 0.426. The molecule has 0 amide bonds. The Morgan fingerprint density at radius 2 is 1.57 bits per heavy atom. The monoisotopic (exact) mass is 481 g/mol. The van der Waals surface area contributed by atoms with Gasteiger partial charge in [0, 0.05) is 38.3 Å². The van der Waals surface area contributed by atoms with Crippen LogP contribution < -0.4 is 36.1 Å². The van der Waals surface area contributed by atoms with Crippen molar-refractivity contribution in [2.45, 2.75) is 12.8 Å². The van der Waals surface area contributed by atoms with E-state index in [2.05, 4.69) is 35.8 Å². The fraction of sp³-hybridized carbons (Fsp3) is 0.500. The maximum absolute atomic E-state index is 5.93. The molecule has 5 rings (SSSR count). The molecule has 188 valence electrons. The summed E-state index contributed by atoms with van der Waals surface area (Å²) in [5.41, 5.74) is 8.63. The molecule has 0 unspecified atom stereocenters. The molecule has 2 fully saturated rings. The summed E-state index contributed by atoms with van der Waals surface area (Å²) < 4.78 is 10.7. The second-order valence-electron chi connectivity index (χ2n) is 8.35. The van der Waals surface area contributed by atoms with Gasteiger partial charge in [0.1, 0.15) is 0 Å². The van der Waals surface area contributed by atoms with Crippen LogP contribution in [0.2, 0.25) is 0 Å². The Balaban J connectivity index is 0.000000356. The van der Waals surface area contributed by atoms with E-state index in [9.17, 15) is 0 Å². The molecular weight excluding hydrogens is 446 g/mol. The van der Waals surface area contributed by atoms with E-state index in [1.807, 2.05) is 18.2 Å². The fourth-order valence-electron chi connectivity index (χ4n) is 4.09. The number of ether oxygens (including phenoxy) is 2. The topological polar surface area (TPSA) is 135 Å². The molecule has 0 atom stereocenters. The van der Waals surface area contributed by atoms with Crippen LogP contribution in [0.25, 0.3) is 22.4 Å². The minimum atomic E-state index is 0.202. The number of methoxy groups -OCH3 is 2. The predicted molar refractivity (Wildman–Crippen MR) is 138 cm³/mol. The number of rotatable bonds is 4. The maximum atomic E-state index is 5.93. The predicted octanol–water partition coefficient (Wildman–Crippen LogP) is 1.06. The molecule has 0 saturated carbocycles. The van der Waals surface area contributed by atoms with E-state index in [1.165, 1.54) is 19.5 Å². The van der Waals surface area contributed by atoms with Gasteiger partial charge in [-0.3, -0.25) is 0 Å². The van der Waals surface area contributed by atoms with Crippen molar-refractivity contribution < 1.29 is 9.47 Å². The third kappa shape index (κ3) is 6.44. The Hall–Kier alpha value is -3.28. The number of benzene rings is 1. The lowest BCUT2D eigenvalue weighted by atomic mass is 10.1. The number of nitrogens with two attached hydrogens (primary N) is 1. The Morgan fingerprint density at radius 3 is 2.34 bits per heavy atom. The zero-order valence-electron chi connectivity index (χ0n) is 20.5. The van der Waals surface area contributed by atoms with Crippen molar-refractivity contribution >= 4 is 22.9 Å². The molecule has 0 spiro atoms. The van der Waals surface area contributed by atoms with Crippen molar-refractivity contribution in [1.29, 1.82) is 0 Å². The van der Waals surface area contributed by atoms with Crippen LogP contribution in [0.3, 0.4) is 0 Å². The highest BCUT2D eigenvalue weighted by Gasteiger charge is 2.18. The summed E-state index contributed by atoms with van der Waals surface area (Å²) in [5.74, 6) is 2.22. The van der Waals surface area contributed by atoms with Gasteiger partial charge >= 0.3 is 0 Å². The summed E-state index contributed by atoms with van der Waals surface area (Å²) in [6.45, 7) is 8.22. The highest BCUT2D eigenvalue weighted by Crippen LogP contribution is 2.32. The van der Waals surface area contributed by atoms with Crippen molar-refractivity contribution in [3.8, 4) is 22.8 Å².